The van der Waals surface area contributed by atoms with Crippen LogP contribution in [0.2, 0.25) is 0 Å². The number of hydrogen-bond acceptors (Lipinski definition) is 4. The molecule has 0 atom stereocenters. The molecule has 2 N–H and O–H groups in total. The van der Waals surface area contributed by atoms with Gasteiger partial charge in [0.05, 0.1) is 0 Å². The van der Waals surface area contributed by atoms with E-state index in [0.717, 1.165) is 11.5 Å². The van der Waals surface area contributed by atoms with Crippen molar-refractivity contribution in [2.75, 3.05) is 17.7 Å². The van der Waals surface area contributed by atoms with Gasteiger partial charge in [-0.05, 0) is 53.0 Å². The van der Waals surface area contributed by atoms with Gasteiger partial charge in [0.1, 0.15) is 16.6 Å². The average molecular weight is 307 g/mol. The molecule has 0 radical (unpaired) electrons. The number of hydrogen-bond donors (Lipinski definition) is 1. The van der Waals surface area contributed by atoms with Crippen molar-refractivity contribution < 1.29 is 0 Å². The lowest BCUT2D eigenvalue weighted by Crippen LogP contribution is -2.13. The van der Waals surface area contributed by atoms with E-state index in [9.17, 15) is 0 Å². The number of nitrogens with two attached hydrogens (primary N) is 1. The van der Waals surface area contributed by atoms with Gasteiger partial charge in [-0.15, -0.1) is 0 Å². The minimum absolute atomic E-state index is 0.441. The second-order valence-corrected chi connectivity index (χ2v) is 5.09. The first kappa shape index (κ1) is 12.8. The molecule has 1 aromatic heterocycles. The van der Waals surface area contributed by atoms with Gasteiger partial charge in [-0.25, -0.2) is 9.97 Å². The van der Waals surface area contributed by atoms with Crippen LogP contribution in [0, 0.1) is 13.8 Å². The maximum absolute atomic E-state index is 5.77. The first-order valence-electron chi connectivity index (χ1n) is 5.57. The Morgan fingerprint density at radius 3 is 2.33 bits per heavy atom. The van der Waals surface area contributed by atoms with Crippen molar-refractivity contribution in [2.24, 2.45) is 0 Å². The molecule has 18 heavy (non-hydrogen) atoms. The summed E-state index contributed by atoms with van der Waals surface area (Å²) >= 11 is 3.42. The quantitative estimate of drug-likeness (QED) is 0.925. The van der Waals surface area contributed by atoms with Crippen LogP contribution >= 0.6 is 15.9 Å². The number of nitrogen functional groups attached to an aromatic ring is 1. The molecule has 4 nitrogen and oxygen atoms in total. The summed E-state index contributed by atoms with van der Waals surface area (Å²) in [6.45, 7) is 4.15. The van der Waals surface area contributed by atoms with Crippen molar-refractivity contribution in [2.45, 2.75) is 13.8 Å². The molecule has 0 spiro atoms. The van der Waals surface area contributed by atoms with Gasteiger partial charge in [-0.3, -0.25) is 0 Å². The van der Waals surface area contributed by atoms with Crippen LogP contribution in [0.3, 0.4) is 0 Å². The summed E-state index contributed by atoms with van der Waals surface area (Å²) in [7, 11) is 1.96. The number of nitrogens with zero attached hydrogens (tertiary/aromatic N) is 3. The molecule has 0 aliphatic rings. The van der Waals surface area contributed by atoms with Crippen molar-refractivity contribution >= 4 is 33.3 Å². The molecule has 0 bridgehead atoms. The second kappa shape index (κ2) is 4.94. The molecule has 94 valence electrons. The zero-order valence-electron chi connectivity index (χ0n) is 10.6. The second-order valence-electron chi connectivity index (χ2n) is 4.30. The van der Waals surface area contributed by atoms with E-state index < -0.39 is 0 Å². The monoisotopic (exact) mass is 306 g/mol. The van der Waals surface area contributed by atoms with E-state index in [1.165, 1.54) is 17.5 Å². The van der Waals surface area contributed by atoms with Gasteiger partial charge in [-0.2, -0.15) is 0 Å². The highest BCUT2D eigenvalue weighted by Gasteiger charge is 2.12. The Labute approximate surface area is 115 Å². The third-order valence-corrected chi connectivity index (χ3v) is 3.47. The molecule has 0 fully saturated rings. The van der Waals surface area contributed by atoms with Gasteiger partial charge in [0, 0.05) is 12.7 Å². The molecule has 0 amide bonds. The number of aryl methyl sites for hydroxylation is 2. The average Bonchev–Trinajstić information content (AvgIpc) is 2.30. The van der Waals surface area contributed by atoms with Gasteiger partial charge >= 0.3 is 0 Å². The molecule has 1 heterocycles. The fourth-order valence-electron chi connectivity index (χ4n) is 1.87. The summed E-state index contributed by atoms with van der Waals surface area (Å²) in [5.74, 6) is 1.20. The van der Waals surface area contributed by atoms with E-state index in [1.54, 1.807) is 0 Å². The zero-order chi connectivity index (χ0) is 13.3. The van der Waals surface area contributed by atoms with Crippen molar-refractivity contribution in [1.82, 2.24) is 9.97 Å². The number of benzene rings is 1. The summed E-state index contributed by atoms with van der Waals surface area (Å²) in [5, 5.41) is 0. The lowest BCUT2D eigenvalue weighted by Gasteiger charge is -2.20. The third-order valence-electron chi connectivity index (χ3n) is 2.71. The molecule has 0 aliphatic carbocycles. The van der Waals surface area contributed by atoms with Crippen molar-refractivity contribution in [3.05, 3.63) is 40.1 Å². The lowest BCUT2D eigenvalue weighted by molar-refractivity contribution is 1.07. The summed E-state index contributed by atoms with van der Waals surface area (Å²) in [4.78, 5) is 10.2. The number of anilines is 3. The highest BCUT2D eigenvalue weighted by Crippen LogP contribution is 2.32. The Kier molecular flexibility index (Phi) is 3.52. The Bertz CT molecular complexity index is 563. The van der Waals surface area contributed by atoms with Gasteiger partial charge in [0.2, 0.25) is 0 Å². The van der Waals surface area contributed by atoms with E-state index in [-0.39, 0.29) is 0 Å². The van der Waals surface area contributed by atoms with Gasteiger partial charge in [0.15, 0.2) is 5.82 Å². The largest absolute Gasteiger partial charge is 0.383 e. The van der Waals surface area contributed by atoms with Crippen LogP contribution in [0.15, 0.2) is 29.0 Å². The predicted molar refractivity (Wildman–Crippen MR) is 78.1 cm³/mol. The molecule has 0 saturated carbocycles. The highest BCUT2D eigenvalue weighted by molar-refractivity contribution is 9.10. The summed E-state index contributed by atoms with van der Waals surface area (Å²) < 4.78 is 0.714. The minimum Gasteiger partial charge on any atom is -0.383 e. The number of aromatic nitrogens is 2. The summed E-state index contributed by atoms with van der Waals surface area (Å²) in [6, 6.07) is 6.36. The highest BCUT2D eigenvalue weighted by atomic mass is 79.9. The fraction of sp³-hybridized carbons (Fsp3) is 0.231. The van der Waals surface area contributed by atoms with Crippen molar-refractivity contribution in [1.29, 1.82) is 0 Å². The predicted octanol–water partition coefficient (Wildman–Crippen LogP) is 3.21. The van der Waals surface area contributed by atoms with Gasteiger partial charge < -0.3 is 10.6 Å². The first-order chi connectivity index (χ1) is 8.49. The SMILES string of the molecule is Cc1cc(C)cc(N(C)c2ncnc(N)c2Br)c1. The van der Waals surface area contributed by atoms with Crippen LogP contribution in [0.5, 0.6) is 0 Å². The van der Waals surface area contributed by atoms with Crippen LogP contribution in [0.4, 0.5) is 17.3 Å². The first-order valence-corrected chi connectivity index (χ1v) is 6.36. The summed E-state index contributed by atoms with van der Waals surface area (Å²) in [6.07, 6.45) is 1.47. The minimum atomic E-state index is 0.441. The van der Waals surface area contributed by atoms with Gasteiger partial charge in [-0.1, -0.05) is 6.07 Å². The van der Waals surface area contributed by atoms with Crippen molar-refractivity contribution in [3.8, 4) is 0 Å². The number of rotatable bonds is 2. The lowest BCUT2D eigenvalue weighted by atomic mass is 10.1. The van der Waals surface area contributed by atoms with Crippen LogP contribution in [0.25, 0.3) is 0 Å². The maximum Gasteiger partial charge on any atom is 0.152 e. The van der Waals surface area contributed by atoms with E-state index in [4.69, 9.17) is 5.73 Å². The van der Waals surface area contributed by atoms with Crippen molar-refractivity contribution in [3.63, 3.8) is 0 Å². The normalized spacial score (nSPS) is 10.4. The Morgan fingerprint density at radius 1 is 1.11 bits per heavy atom. The fourth-order valence-corrected chi connectivity index (χ4v) is 2.34. The Morgan fingerprint density at radius 2 is 1.72 bits per heavy atom. The molecule has 0 unspecified atom stereocenters. The van der Waals surface area contributed by atoms with E-state index in [2.05, 4.69) is 57.9 Å². The van der Waals surface area contributed by atoms with Crippen LogP contribution in [-0.4, -0.2) is 17.0 Å². The third kappa shape index (κ3) is 2.46. The molecule has 1 aromatic carbocycles. The summed E-state index contributed by atoms with van der Waals surface area (Å²) in [5.41, 5.74) is 9.28. The molecule has 2 rings (SSSR count). The Hall–Kier alpha value is -1.62. The molecular weight excluding hydrogens is 292 g/mol. The van der Waals surface area contributed by atoms with E-state index in [0.29, 0.717) is 10.3 Å². The molecule has 2 aromatic rings. The maximum atomic E-state index is 5.77. The standard InChI is InChI=1S/C13H15BrN4/c1-8-4-9(2)6-10(5-8)18(3)13-11(14)12(15)16-7-17-13/h4-7H,1-3H3,(H2,15,16,17). The Balaban J connectivity index is 2.47. The van der Waals surface area contributed by atoms with E-state index >= 15 is 0 Å². The van der Waals surface area contributed by atoms with E-state index in [1.807, 2.05) is 11.9 Å². The molecule has 0 saturated heterocycles. The smallest absolute Gasteiger partial charge is 0.152 e. The molecule has 0 aliphatic heterocycles. The topological polar surface area (TPSA) is 55.0 Å². The molecule has 5 heteroatoms. The number of halogens is 1. The van der Waals surface area contributed by atoms with Gasteiger partial charge in [0.25, 0.3) is 0 Å². The molecular formula is C13H15BrN4. The van der Waals surface area contributed by atoms with Crippen LogP contribution in [0.1, 0.15) is 11.1 Å². The van der Waals surface area contributed by atoms with Crippen LogP contribution in [-0.2, 0) is 0 Å². The zero-order valence-corrected chi connectivity index (χ0v) is 12.2. The van der Waals surface area contributed by atoms with Crippen LogP contribution < -0.4 is 10.6 Å².